The number of morpholine rings is 1. The molecule has 1 aliphatic carbocycles. The number of anilines is 2. The van der Waals surface area contributed by atoms with Gasteiger partial charge < -0.3 is 20.5 Å². The third-order valence-corrected chi connectivity index (χ3v) is 7.70. The van der Waals surface area contributed by atoms with Crippen LogP contribution in [0.3, 0.4) is 0 Å². The number of hydrogen-bond acceptors (Lipinski definition) is 8. The molecular formula is C31H35FN6O5. The van der Waals surface area contributed by atoms with E-state index in [0.29, 0.717) is 25.3 Å². The van der Waals surface area contributed by atoms with Gasteiger partial charge in [0.2, 0.25) is 0 Å². The highest BCUT2D eigenvalue weighted by Crippen LogP contribution is 2.31. The summed E-state index contributed by atoms with van der Waals surface area (Å²) >= 11 is 0. The summed E-state index contributed by atoms with van der Waals surface area (Å²) in [4.78, 5) is 45.4. The fourth-order valence-corrected chi connectivity index (χ4v) is 5.32. The van der Waals surface area contributed by atoms with Gasteiger partial charge in [0.05, 0.1) is 19.8 Å². The summed E-state index contributed by atoms with van der Waals surface area (Å²) in [6.07, 6.45) is 7.44. The SMILES string of the molecule is CCn1c(=O)c(C(=O)Nc2ccc(Oc3ccnc(N)c3C#CCN3CCOCC3)c(F)c2)cn(C2CCCCC2)c1=O. The van der Waals surface area contributed by atoms with Gasteiger partial charge in [0, 0.05) is 55.9 Å². The maximum absolute atomic E-state index is 15.2. The van der Waals surface area contributed by atoms with Crippen molar-refractivity contribution < 1.29 is 18.7 Å². The van der Waals surface area contributed by atoms with E-state index in [0.717, 1.165) is 55.8 Å². The maximum atomic E-state index is 15.2. The van der Waals surface area contributed by atoms with E-state index in [1.165, 1.54) is 29.1 Å². The highest BCUT2D eigenvalue weighted by molar-refractivity contribution is 6.03. The zero-order valence-electron chi connectivity index (χ0n) is 24.1. The third kappa shape index (κ3) is 6.96. The Labute approximate surface area is 248 Å². The molecule has 12 heteroatoms. The minimum absolute atomic E-state index is 0.0729. The normalized spacial score (nSPS) is 15.9. The lowest BCUT2D eigenvalue weighted by Crippen LogP contribution is -2.44. The summed E-state index contributed by atoms with van der Waals surface area (Å²) < 4.78 is 28.9. The van der Waals surface area contributed by atoms with Crippen molar-refractivity contribution >= 4 is 17.4 Å². The topological polar surface area (TPSA) is 134 Å². The largest absolute Gasteiger partial charge is 0.453 e. The Morgan fingerprint density at radius 2 is 1.93 bits per heavy atom. The molecule has 5 rings (SSSR count). The molecule has 3 N–H and O–H groups in total. The van der Waals surface area contributed by atoms with Crippen LogP contribution in [-0.2, 0) is 11.3 Å². The molecule has 1 amide bonds. The van der Waals surface area contributed by atoms with Crippen molar-refractivity contribution in [3.8, 4) is 23.3 Å². The Balaban J connectivity index is 1.33. The second-order valence-corrected chi connectivity index (χ2v) is 10.5. The lowest BCUT2D eigenvalue weighted by Gasteiger charge is -2.25. The molecule has 1 saturated carbocycles. The van der Waals surface area contributed by atoms with Gasteiger partial charge in [-0.3, -0.25) is 23.6 Å². The molecule has 3 aromatic rings. The first-order valence-corrected chi connectivity index (χ1v) is 14.5. The van der Waals surface area contributed by atoms with E-state index < -0.39 is 23.0 Å². The number of rotatable bonds is 7. The number of ether oxygens (including phenoxy) is 2. The molecule has 226 valence electrons. The fourth-order valence-electron chi connectivity index (χ4n) is 5.32. The van der Waals surface area contributed by atoms with Crippen LogP contribution in [0.15, 0.2) is 46.2 Å². The predicted molar refractivity (Wildman–Crippen MR) is 160 cm³/mol. The third-order valence-electron chi connectivity index (χ3n) is 7.70. The van der Waals surface area contributed by atoms with E-state index in [1.807, 2.05) is 0 Å². The summed E-state index contributed by atoms with van der Waals surface area (Å²) in [5.74, 6) is 4.86. The first-order valence-electron chi connectivity index (χ1n) is 14.5. The summed E-state index contributed by atoms with van der Waals surface area (Å²) in [5.41, 5.74) is 5.22. The van der Waals surface area contributed by atoms with Crippen molar-refractivity contribution in [3.63, 3.8) is 0 Å². The average molecular weight is 591 g/mol. The number of nitrogens with one attached hydrogen (secondary N) is 1. The molecule has 2 aromatic heterocycles. The van der Waals surface area contributed by atoms with Gasteiger partial charge in [0.1, 0.15) is 22.7 Å². The molecule has 1 aliphatic heterocycles. The first kappa shape index (κ1) is 30.0. The first-order chi connectivity index (χ1) is 20.9. The van der Waals surface area contributed by atoms with Gasteiger partial charge in [0.25, 0.3) is 11.5 Å². The number of hydrogen-bond donors (Lipinski definition) is 2. The molecular weight excluding hydrogens is 555 g/mol. The van der Waals surface area contributed by atoms with Gasteiger partial charge >= 0.3 is 5.69 Å². The minimum atomic E-state index is -0.751. The maximum Gasteiger partial charge on any atom is 0.331 e. The number of carbonyl (C=O) groups is 1. The smallest absolute Gasteiger partial charge is 0.331 e. The number of nitrogens with zero attached hydrogens (tertiary/aromatic N) is 4. The van der Waals surface area contributed by atoms with Crippen molar-refractivity contribution in [1.29, 1.82) is 0 Å². The monoisotopic (exact) mass is 590 g/mol. The molecule has 2 fully saturated rings. The van der Waals surface area contributed by atoms with Crippen molar-refractivity contribution in [2.45, 2.75) is 51.6 Å². The van der Waals surface area contributed by atoms with Crippen molar-refractivity contribution in [2.75, 3.05) is 43.9 Å². The molecule has 0 spiro atoms. The number of halogens is 1. The summed E-state index contributed by atoms with van der Waals surface area (Å²) in [6, 6.07) is 5.39. The molecule has 0 radical (unpaired) electrons. The Bertz CT molecular complexity index is 1660. The van der Waals surface area contributed by atoms with Crippen molar-refractivity contribution in [2.24, 2.45) is 0 Å². The zero-order chi connectivity index (χ0) is 30.3. The van der Waals surface area contributed by atoms with Crippen LogP contribution in [-0.4, -0.2) is 57.8 Å². The molecule has 0 unspecified atom stereocenters. The van der Waals surface area contributed by atoms with Crippen LogP contribution in [0.25, 0.3) is 0 Å². The number of carbonyl (C=O) groups excluding carboxylic acids is 1. The Kier molecular flexibility index (Phi) is 9.54. The second kappa shape index (κ2) is 13.7. The van der Waals surface area contributed by atoms with Gasteiger partial charge in [-0.1, -0.05) is 31.1 Å². The molecule has 0 atom stereocenters. The van der Waals surface area contributed by atoms with Crippen molar-refractivity contribution in [1.82, 2.24) is 19.0 Å². The van der Waals surface area contributed by atoms with Gasteiger partial charge in [0.15, 0.2) is 11.6 Å². The number of aromatic nitrogens is 3. The van der Waals surface area contributed by atoms with E-state index >= 15 is 4.39 Å². The van der Waals surface area contributed by atoms with Crippen LogP contribution >= 0.6 is 0 Å². The van der Waals surface area contributed by atoms with Crippen LogP contribution < -0.4 is 27.0 Å². The number of amides is 1. The van der Waals surface area contributed by atoms with Crippen LogP contribution in [0.2, 0.25) is 0 Å². The average Bonchev–Trinajstić information content (AvgIpc) is 3.01. The highest BCUT2D eigenvalue weighted by Gasteiger charge is 2.23. The number of nitrogens with two attached hydrogens (primary N) is 1. The van der Waals surface area contributed by atoms with E-state index in [9.17, 15) is 14.4 Å². The standard InChI is InChI=1S/C31H35FN6O5/c1-2-37-30(40)24(20-38(31(37)41)22-7-4-3-5-8-22)29(39)35-21-10-11-27(25(32)19-21)43-26-12-13-34-28(33)23(26)9-6-14-36-15-17-42-18-16-36/h10-13,19-20,22H,2-5,7-8,14-18H2,1H3,(H2,33,34)(H,35,39). The van der Waals surface area contributed by atoms with E-state index in [-0.39, 0.29) is 41.2 Å². The second-order valence-electron chi connectivity index (χ2n) is 10.5. The predicted octanol–water partition coefficient (Wildman–Crippen LogP) is 3.38. The van der Waals surface area contributed by atoms with E-state index in [1.54, 1.807) is 13.0 Å². The van der Waals surface area contributed by atoms with Gasteiger partial charge in [-0.25, -0.2) is 14.2 Å². The summed E-state index contributed by atoms with van der Waals surface area (Å²) in [7, 11) is 0. The molecule has 1 saturated heterocycles. The fraction of sp³-hybridized carbons (Fsp3) is 0.419. The molecule has 0 bridgehead atoms. The molecule has 1 aromatic carbocycles. The molecule has 11 nitrogen and oxygen atoms in total. The van der Waals surface area contributed by atoms with Gasteiger partial charge in [-0.15, -0.1) is 0 Å². The summed E-state index contributed by atoms with van der Waals surface area (Å²) in [5, 5.41) is 2.58. The van der Waals surface area contributed by atoms with E-state index in [4.69, 9.17) is 15.2 Å². The highest BCUT2D eigenvalue weighted by atomic mass is 19.1. The zero-order valence-corrected chi connectivity index (χ0v) is 24.1. The Morgan fingerprint density at radius 3 is 2.65 bits per heavy atom. The van der Waals surface area contributed by atoms with Crippen molar-refractivity contribution in [3.05, 3.63) is 74.4 Å². The lowest BCUT2D eigenvalue weighted by atomic mass is 9.95. The number of benzene rings is 1. The van der Waals surface area contributed by atoms with Crippen LogP contribution in [0.1, 0.15) is 61.0 Å². The van der Waals surface area contributed by atoms with Gasteiger partial charge in [-0.2, -0.15) is 0 Å². The molecule has 2 aliphatic rings. The number of nitrogen functional groups attached to an aromatic ring is 1. The van der Waals surface area contributed by atoms with Gasteiger partial charge in [-0.05, 0) is 31.9 Å². The van der Waals surface area contributed by atoms with Crippen LogP contribution in [0.5, 0.6) is 11.5 Å². The molecule has 43 heavy (non-hydrogen) atoms. The minimum Gasteiger partial charge on any atom is -0.453 e. The Hall–Kier alpha value is -4.47. The Morgan fingerprint density at radius 1 is 1.16 bits per heavy atom. The van der Waals surface area contributed by atoms with E-state index in [2.05, 4.69) is 27.0 Å². The summed E-state index contributed by atoms with van der Waals surface area (Å²) in [6.45, 7) is 5.21. The van der Waals surface area contributed by atoms with Crippen LogP contribution in [0.4, 0.5) is 15.9 Å². The molecule has 3 heterocycles. The number of pyridine rings is 1. The van der Waals surface area contributed by atoms with Crippen LogP contribution in [0, 0.1) is 17.7 Å². The quantitative estimate of drug-likeness (QED) is 0.400. The lowest BCUT2D eigenvalue weighted by molar-refractivity contribution is 0.0443.